The third-order valence-electron chi connectivity index (χ3n) is 2.27. The van der Waals surface area contributed by atoms with Crippen molar-refractivity contribution < 1.29 is 9.00 Å². The second-order valence-corrected chi connectivity index (χ2v) is 4.88. The Labute approximate surface area is 106 Å². The number of hydrogen-bond acceptors (Lipinski definition) is 2. The van der Waals surface area contributed by atoms with E-state index in [1.807, 2.05) is 0 Å². The van der Waals surface area contributed by atoms with Crippen LogP contribution in [0.5, 0.6) is 0 Å². The molecule has 2 nitrogen and oxygen atoms in total. The molecule has 0 radical (unpaired) electrons. The summed E-state index contributed by atoms with van der Waals surface area (Å²) in [4.78, 5) is 12.4. The molecule has 0 saturated carbocycles. The Bertz CT molecular complexity index is 368. The van der Waals surface area contributed by atoms with E-state index in [9.17, 15) is 9.00 Å². The number of carbonyl (C=O) groups excluding carboxylic acids is 1. The summed E-state index contributed by atoms with van der Waals surface area (Å²) in [5.74, 6) is 0.172. The Hall–Kier alpha value is -1.22. The average molecular weight is 252 g/mol. The van der Waals surface area contributed by atoms with Crippen LogP contribution < -0.4 is 0 Å². The van der Waals surface area contributed by atoms with Gasteiger partial charge >= 0.3 is 0 Å². The number of rotatable bonds is 5. The van der Waals surface area contributed by atoms with Gasteiger partial charge in [-0.3, -0.25) is 9.00 Å². The molecule has 3 heteroatoms. The second-order valence-electron chi connectivity index (χ2n) is 3.51. The van der Waals surface area contributed by atoms with Gasteiger partial charge in [0.15, 0.2) is 5.78 Å². The first-order chi connectivity index (χ1) is 8.15. The molecule has 0 aliphatic carbocycles. The van der Waals surface area contributed by atoms with E-state index < -0.39 is 10.8 Å². The summed E-state index contributed by atoms with van der Waals surface area (Å²) in [5, 5.41) is 0. The van der Waals surface area contributed by atoms with Gasteiger partial charge in [0.25, 0.3) is 0 Å². The number of unbranched alkanes of at least 4 members (excludes halogenated alkanes) is 1. The van der Waals surface area contributed by atoms with Gasteiger partial charge in [0, 0.05) is 33.9 Å². The smallest absolute Gasteiger partial charge is 0.162 e. The van der Waals surface area contributed by atoms with Crippen LogP contribution in [0.15, 0.2) is 42.3 Å². The molecule has 0 N–H and O–H groups in total. The number of Topliss-reactive ketones (excluding diaryl/α,β-unsaturated/α-hetero) is 1. The highest BCUT2D eigenvalue weighted by Gasteiger charge is 2.05. The predicted molar refractivity (Wildman–Crippen MR) is 73.9 cm³/mol. The minimum Gasteiger partial charge on any atom is -0.294 e. The maximum atomic E-state index is 11.6. The van der Waals surface area contributed by atoms with Gasteiger partial charge in [-0.05, 0) is 18.6 Å². The van der Waals surface area contributed by atoms with E-state index in [0.717, 1.165) is 23.3 Å². The highest BCUT2D eigenvalue weighted by atomic mass is 32.2. The molecule has 1 unspecified atom stereocenters. The van der Waals surface area contributed by atoms with E-state index >= 15 is 0 Å². The van der Waals surface area contributed by atoms with E-state index in [2.05, 4.69) is 20.1 Å². The summed E-state index contributed by atoms with van der Waals surface area (Å²) >= 11 is 0. The van der Waals surface area contributed by atoms with E-state index in [0.29, 0.717) is 6.42 Å². The van der Waals surface area contributed by atoms with Gasteiger partial charge in [-0.2, -0.15) is 0 Å². The molecule has 1 aromatic carbocycles. The van der Waals surface area contributed by atoms with Crippen molar-refractivity contribution in [2.45, 2.75) is 31.1 Å². The van der Waals surface area contributed by atoms with Crippen molar-refractivity contribution in [3.05, 3.63) is 43.0 Å². The zero-order valence-corrected chi connectivity index (χ0v) is 11.4. The fourth-order valence-electron chi connectivity index (χ4n) is 1.31. The number of ketones is 1. The lowest BCUT2D eigenvalue weighted by Gasteiger charge is -2.01. The largest absolute Gasteiger partial charge is 0.294 e. The molecule has 0 aromatic heterocycles. The van der Waals surface area contributed by atoms with Gasteiger partial charge in [-0.15, -0.1) is 13.2 Å². The van der Waals surface area contributed by atoms with Crippen molar-refractivity contribution in [3.8, 4) is 0 Å². The molecule has 1 aromatic rings. The van der Waals surface area contributed by atoms with Crippen LogP contribution in [0, 0.1) is 0 Å². The molecule has 94 valence electrons. The Kier molecular flexibility index (Phi) is 8.24. The van der Waals surface area contributed by atoms with Crippen LogP contribution in [0.2, 0.25) is 0 Å². The van der Waals surface area contributed by atoms with Crippen LogP contribution in [-0.4, -0.2) is 16.2 Å². The Morgan fingerprint density at radius 1 is 1.24 bits per heavy atom. The van der Waals surface area contributed by atoms with Crippen LogP contribution >= 0.6 is 0 Å². The second kappa shape index (κ2) is 8.88. The highest BCUT2D eigenvalue weighted by Crippen LogP contribution is 2.10. The van der Waals surface area contributed by atoms with Crippen LogP contribution in [-0.2, 0) is 10.8 Å². The van der Waals surface area contributed by atoms with Crippen molar-refractivity contribution in [2.75, 3.05) is 6.26 Å². The molecule has 0 aliphatic heterocycles. The Balaban J connectivity index is 0.00000121. The van der Waals surface area contributed by atoms with Crippen LogP contribution in [0.3, 0.4) is 0 Å². The van der Waals surface area contributed by atoms with Crippen LogP contribution in [0.4, 0.5) is 0 Å². The van der Waals surface area contributed by atoms with Crippen molar-refractivity contribution in [1.29, 1.82) is 0 Å². The lowest BCUT2D eigenvalue weighted by atomic mass is 10.1. The van der Waals surface area contributed by atoms with Gasteiger partial charge in [0.2, 0.25) is 0 Å². The SMILES string of the molecule is C=C.CCCCC(=O)c1ccc(S(C)=O)cc1. The fourth-order valence-corrected chi connectivity index (χ4v) is 1.83. The summed E-state index contributed by atoms with van der Waals surface area (Å²) in [5.41, 5.74) is 0.720. The summed E-state index contributed by atoms with van der Waals surface area (Å²) < 4.78 is 11.1. The normalized spacial score (nSPS) is 11.2. The molecule has 0 bridgehead atoms. The first-order valence-corrected chi connectivity index (χ1v) is 7.17. The summed E-state index contributed by atoms with van der Waals surface area (Å²) in [6.45, 7) is 8.07. The van der Waals surface area contributed by atoms with E-state index in [1.165, 1.54) is 0 Å². The van der Waals surface area contributed by atoms with Crippen molar-refractivity contribution in [1.82, 2.24) is 0 Å². The minimum absolute atomic E-state index is 0.172. The minimum atomic E-state index is -0.967. The fraction of sp³-hybridized carbons (Fsp3) is 0.357. The van der Waals surface area contributed by atoms with Gasteiger partial charge in [-0.1, -0.05) is 25.5 Å². The molecule has 0 spiro atoms. The summed E-state index contributed by atoms with van der Waals surface area (Å²) in [6, 6.07) is 7.04. The van der Waals surface area contributed by atoms with Gasteiger partial charge in [0.1, 0.15) is 0 Å². The number of benzene rings is 1. The maximum absolute atomic E-state index is 11.6. The quantitative estimate of drug-likeness (QED) is 0.592. The molecule has 0 aliphatic rings. The first kappa shape index (κ1) is 15.8. The summed E-state index contributed by atoms with van der Waals surface area (Å²) in [6.07, 6.45) is 4.20. The molecule has 0 saturated heterocycles. The molecule has 0 heterocycles. The van der Waals surface area contributed by atoms with Crippen molar-refractivity contribution in [2.24, 2.45) is 0 Å². The van der Waals surface area contributed by atoms with E-state index in [-0.39, 0.29) is 5.78 Å². The average Bonchev–Trinajstić information content (AvgIpc) is 2.38. The van der Waals surface area contributed by atoms with E-state index in [4.69, 9.17) is 0 Å². The van der Waals surface area contributed by atoms with Crippen LogP contribution in [0.25, 0.3) is 0 Å². The summed E-state index contributed by atoms with van der Waals surface area (Å²) in [7, 11) is -0.967. The zero-order chi connectivity index (χ0) is 13.3. The lowest BCUT2D eigenvalue weighted by molar-refractivity contribution is 0.0979. The van der Waals surface area contributed by atoms with Crippen molar-refractivity contribution >= 4 is 16.6 Å². The number of hydrogen-bond donors (Lipinski definition) is 0. The molecule has 17 heavy (non-hydrogen) atoms. The first-order valence-electron chi connectivity index (χ1n) is 5.62. The third-order valence-corrected chi connectivity index (χ3v) is 3.20. The predicted octanol–water partition coefficient (Wildman–Crippen LogP) is 3.60. The number of carbonyl (C=O) groups is 1. The topological polar surface area (TPSA) is 34.1 Å². The van der Waals surface area contributed by atoms with Gasteiger partial charge in [-0.25, -0.2) is 0 Å². The Morgan fingerprint density at radius 2 is 1.76 bits per heavy atom. The zero-order valence-electron chi connectivity index (χ0n) is 10.6. The third kappa shape index (κ3) is 5.59. The molecular formula is C14H20O2S. The Morgan fingerprint density at radius 3 is 2.18 bits per heavy atom. The lowest BCUT2D eigenvalue weighted by Crippen LogP contribution is -1.99. The highest BCUT2D eigenvalue weighted by molar-refractivity contribution is 7.84. The van der Waals surface area contributed by atoms with Gasteiger partial charge in [0.05, 0.1) is 0 Å². The van der Waals surface area contributed by atoms with Gasteiger partial charge < -0.3 is 0 Å². The molecular weight excluding hydrogens is 232 g/mol. The molecule has 0 fully saturated rings. The standard InChI is InChI=1S/C12H16O2S.C2H4/c1-3-4-5-12(13)10-6-8-11(9-7-10)15(2)14;1-2/h6-9H,3-5H2,1-2H3;1-2H2. The van der Waals surface area contributed by atoms with E-state index in [1.54, 1.807) is 30.5 Å². The molecule has 0 amide bonds. The monoisotopic (exact) mass is 252 g/mol. The van der Waals surface area contributed by atoms with Crippen molar-refractivity contribution in [3.63, 3.8) is 0 Å². The van der Waals surface area contributed by atoms with Crippen LogP contribution in [0.1, 0.15) is 36.5 Å². The molecule has 1 rings (SSSR count). The maximum Gasteiger partial charge on any atom is 0.162 e. The molecule has 1 atom stereocenters.